The van der Waals surface area contributed by atoms with Gasteiger partial charge in [-0.2, -0.15) is 0 Å². The molecule has 2 aromatic heterocycles. The predicted octanol–water partition coefficient (Wildman–Crippen LogP) is 3.83. The Balaban J connectivity index is 1.61. The number of rotatable bonds is 4. The maximum absolute atomic E-state index is 10.9. The van der Waals surface area contributed by atoms with Crippen molar-refractivity contribution in [2.45, 2.75) is 6.10 Å². The van der Waals surface area contributed by atoms with Crippen molar-refractivity contribution in [3.8, 4) is 17.1 Å². The quantitative estimate of drug-likeness (QED) is 0.511. The van der Waals surface area contributed by atoms with Gasteiger partial charge in [-0.1, -0.05) is 30.3 Å². The lowest BCUT2D eigenvalue weighted by Gasteiger charge is -2.09. The number of hydrogen-bond donors (Lipinski definition) is 3. The van der Waals surface area contributed by atoms with Crippen LogP contribution in [0.25, 0.3) is 22.4 Å². The summed E-state index contributed by atoms with van der Waals surface area (Å²) < 4.78 is 4.87. The summed E-state index contributed by atoms with van der Waals surface area (Å²) in [4.78, 5) is 19.5. The molecule has 0 saturated carbocycles. The number of hydrogen-bond acceptors (Lipinski definition) is 5. The van der Waals surface area contributed by atoms with Gasteiger partial charge in [-0.25, -0.2) is 9.78 Å². The zero-order chi connectivity index (χ0) is 18.1. The van der Waals surface area contributed by atoms with E-state index in [9.17, 15) is 9.90 Å². The second-order valence-corrected chi connectivity index (χ2v) is 6.70. The van der Waals surface area contributed by atoms with Crippen LogP contribution in [0, 0.1) is 0 Å². The van der Waals surface area contributed by atoms with Crippen LogP contribution in [0.1, 0.15) is 16.5 Å². The van der Waals surface area contributed by atoms with Crippen LogP contribution in [-0.4, -0.2) is 21.2 Å². The highest BCUT2D eigenvalue weighted by atomic mass is 32.1. The van der Waals surface area contributed by atoms with E-state index >= 15 is 0 Å². The number of amides is 1. The van der Waals surface area contributed by atoms with Gasteiger partial charge in [0.2, 0.25) is 0 Å². The van der Waals surface area contributed by atoms with E-state index in [4.69, 9.17) is 10.5 Å². The predicted molar refractivity (Wildman–Crippen MR) is 100 cm³/mol. The molecule has 0 aliphatic rings. The molecule has 6 nitrogen and oxygen atoms in total. The van der Waals surface area contributed by atoms with Crippen LogP contribution in [0.2, 0.25) is 0 Å². The summed E-state index contributed by atoms with van der Waals surface area (Å²) in [5.41, 5.74) is 8.23. The monoisotopic (exact) mass is 365 g/mol. The fourth-order valence-corrected chi connectivity index (χ4v) is 3.47. The highest BCUT2D eigenvalue weighted by molar-refractivity contribution is 7.10. The standard InChI is InChI=1S/C19H15N3O3S/c20-19(24)25-13-7-8-14-15(10-13)22-18(21-14)12-5-3-11(4-6-12)17(23)16-2-1-9-26-16/h1-10,17,23H,(H2,20,24)(H,21,22). The van der Waals surface area contributed by atoms with Crippen molar-refractivity contribution in [1.82, 2.24) is 9.97 Å². The zero-order valence-electron chi connectivity index (χ0n) is 13.5. The SMILES string of the molecule is NC(=O)Oc1ccc2[nH]c(-c3ccc(C(O)c4cccs4)cc3)nc2c1. The topological polar surface area (TPSA) is 101 Å². The van der Waals surface area contributed by atoms with Crippen molar-refractivity contribution in [3.05, 3.63) is 70.4 Å². The number of fused-ring (bicyclic) bond motifs is 1. The minimum absolute atomic E-state index is 0.345. The van der Waals surface area contributed by atoms with Crippen molar-refractivity contribution >= 4 is 28.5 Å². The second-order valence-electron chi connectivity index (χ2n) is 5.73. The highest BCUT2D eigenvalue weighted by Crippen LogP contribution is 2.28. The van der Waals surface area contributed by atoms with Crippen LogP contribution < -0.4 is 10.5 Å². The lowest BCUT2D eigenvalue weighted by Crippen LogP contribution is -2.16. The number of thiophene rings is 1. The van der Waals surface area contributed by atoms with Gasteiger partial charge in [-0.15, -0.1) is 11.3 Å². The van der Waals surface area contributed by atoms with Gasteiger partial charge in [0, 0.05) is 16.5 Å². The molecule has 4 aromatic rings. The van der Waals surface area contributed by atoms with Gasteiger partial charge < -0.3 is 20.6 Å². The fraction of sp³-hybridized carbons (Fsp3) is 0.0526. The molecule has 2 aromatic carbocycles. The van der Waals surface area contributed by atoms with Crippen molar-refractivity contribution in [1.29, 1.82) is 0 Å². The van der Waals surface area contributed by atoms with E-state index in [1.807, 2.05) is 41.8 Å². The molecule has 0 aliphatic heterocycles. The van der Waals surface area contributed by atoms with Gasteiger partial charge >= 0.3 is 6.09 Å². The Bertz CT molecular complexity index is 1060. The summed E-state index contributed by atoms with van der Waals surface area (Å²) in [6, 6.07) is 16.5. The molecular formula is C19H15N3O3S. The average Bonchev–Trinajstić information content (AvgIpc) is 3.30. The second kappa shape index (κ2) is 6.62. The molecular weight excluding hydrogens is 350 g/mol. The number of nitrogens with one attached hydrogen (secondary N) is 1. The molecule has 0 saturated heterocycles. The minimum atomic E-state index is -0.861. The van der Waals surface area contributed by atoms with Crippen LogP contribution >= 0.6 is 11.3 Å². The Morgan fingerprint density at radius 2 is 2.00 bits per heavy atom. The molecule has 0 fully saturated rings. The number of primary amides is 1. The first-order chi connectivity index (χ1) is 12.6. The molecule has 0 radical (unpaired) electrons. The molecule has 0 spiro atoms. The molecule has 2 heterocycles. The number of H-pyrrole nitrogens is 1. The smallest absolute Gasteiger partial charge is 0.409 e. The number of aromatic amines is 1. The summed E-state index contributed by atoms with van der Waals surface area (Å²) in [5.74, 6) is 1.03. The van der Waals surface area contributed by atoms with Crippen LogP contribution in [0.4, 0.5) is 4.79 Å². The number of aliphatic hydroxyl groups excluding tert-OH is 1. The number of nitrogens with two attached hydrogens (primary N) is 1. The normalized spacial score (nSPS) is 12.2. The van der Waals surface area contributed by atoms with Crippen LogP contribution in [0.5, 0.6) is 5.75 Å². The van der Waals surface area contributed by atoms with E-state index in [0.717, 1.165) is 21.5 Å². The summed E-state index contributed by atoms with van der Waals surface area (Å²) >= 11 is 1.52. The summed E-state index contributed by atoms with van der Waals surface area (Å²) in [5, 5.41) is 12.3. The minimum Gasteiger partial charge on any atom is -0.410 e. The summed E-state index contributed by atoms with van der Waals surface area (Å²) in [7, 11) is 0. The Morgan fingerprint density at radius 3 is 2.69 bits per heavy atom. The molecule has 0 bridgehead atoms. The van der Waals surface area contributed by atoms with Crippen LogP contribution in [0.3, 0.4) is 0 Å². The van der Waals surface area contributed by atoms with Gasteiger partial charge in [0.05, 0.1) is 11.0 Å². The molecule has 1 atom stereocenters. The molecule has 0 aliphatic carbocycles. The summed E-state index contributed by atoms with van der Waals surface area (Å²) in [6.07, 6.45) is -1.49. The zero-order valence-corrected chi connectivity index (χ0v) is 14.4. The van der Waals surface area contributed by atoms with E-state index in [1.54, 1.807) is 18.2 Å². The van der Waals surface area contributed by atoms with Crippen molar-refractivity contribution in [2.24, 2.45) is 5.73 Å². The van der Waals surface area contributed by atoms with E-state index in [2.05, 4.69) is 9.97 Å². The number of benzene rings is 2. The molecule has 130 valence electrons. The maximum atomic E-state index is 10.9. The third-order valence-corrected chi connectivity index (χ3v) is 4.91. The lowest BCUT2D eigenvalue weighted by atomic mass is 10.1. The maximum Gasteiger partial charge on any atom is 0.409 e. The van der Waals surface area contributed by atoms with Gasteiger partial charge in [0.25, 0.3) is 0 Å². The first-order valence-corrected chi connectivity index (χ1v) is 8.77. The summed E-state index contributed by atoms with van der Waals surface area (Å²) in [6.45, 7) is 0. The first kappa shape index (κ1) is 16.3. The molecule has 26 heavy (non-hydrogen) atoms. The Morgan fingerprint density at radius 1 is 1.19 bits per heavy atom. The van der Waals surface area contributed by atoms with E-state index in [0.29, 0.717) is 17.1 Å². The number of ether oxygens (including phenoxy) is 1. The first-order valence-electron chi connectivity index (χ1n) is 7.89. The molecule has 4 N–H and O–H groups in total. The van der Waals surface area contributed by atoms with Gasteiger partial charge in [-0.05, 0) is 29.1 Å². The van der Waals surface area contributed by atoms with Crippen LogP contribution in [-0.2, 0) is 0 Å². The third kappa shape index (κ3) is 3.17. The molecule has 1 unspecified atom stereocenters. The number of imidazole rings is 1. The fourth-order valence-electron chi connectivity index (χ4n) is 2.74. The Labute approximate surface area is 152 Å². The molecule has 4 rings (SSSR count). The number of aliphatic hydroxyl groups is 1. The largest absolute Gasteiger partial charge is 0.410 e. The van der Waals surface area contributed by atoms with Crippen molar-refractivity contribution in [3.63, 3.8) is 0 Å². The number of carbonyl (C=O) groups is 1. The number of carbonyl (C=O) groups excluding carboxylic acids is 1. The average molecular weight is 365 g/mol. The van der Waals surface area contributed by atoms with Gasteiger partial charge in [0.15, 0.2) is 0 Å². The molecule has 7 heteroatoms. The van der Waals surface area contributed by atoms with Crippen LogP contribution in [0.15, 0.2) is 60.0 Å². The number of nitrogens with zero attached hydrogens (tertiary/aromatic N) is 1. The molecule has 1 amide bonds. The van der Waals surface area contributed by atoms with Crippen molar-refractivity contribution in [2.75, 3.05) is 0 Å². The highest BCUT2D eigenvalue weighted by Gasteiger charge is 2.12. The van der Waals surface area contributed by atoms with E-state index in [-0.39, 0.29) is 0 Å². The lowest BCUT2D eigenvalue weighted by molar-refractivity contribution is 0.211. The van der Waals surface area contributed by atoms with Gasteiger partial charge in [-0.3, -0.25) is 0 Å². The van der Waals surface area contributed by atoms with E-state index < -0.39 is 12.2 Å². The van der Waals surface area contributed by atoms with Gasteiger partial charge in [0.1, 0.15) is 17.7 Å². The number of aromatic nitrogens is 2. The Hall–Kier alpha value is -3.16. The van der Waals surface area contributed by atoms with Crippen molar-refractivity contribution < 1.29 is 14.6 Å². The Kier molecular flexibility index (Phi) is 4.16. The van der Waals surface area contributed by atoms with E-state index in [1.165, 1.54) is 11.3 Å². The third-order valence-electron chi connectivity index (χ3n) is 3.99.